The van der Waals surface area contributed by atoms with Gasteiger partial charge in [-0.3, -0.25) is 14.6 Å². The fourth-order valence-corrected chi connectivity index (χ4v) is 6.27. The zero-order valence-electron chi connectivity index (χ0n) is 15.2. The van der Waals surface area contributed by atoms with Crippen LogP contribution in [0, 0.1) is 0 Å². The van der Waals surface area contributed by atoms with Gasteiger partial charge in [0.05, 0.1) is 24.6 Å². The van der Waals surface area contributed by atoms with E-state index >= 15 is 0 Å². The lowest BCUT2D eigenvalue weighted by atomic mass is 10.1. The first kappa shape index (κ1) is 18.3. The molecule has 2 aliphatic heterocycles. The van der Waals surface area contributed by atoms with E-state index in [0.29, 0.717) is 26.2 Å². The summed E-state index contributed by atoms with van der Waals surface area (Å²) in [7, 11) is -3.11. The maximum absolute atomic E-state index is 12.6. The monoisotopic (exact) mass is 384 g/mol. The van der Waals surface area contributed by atoms with Crippen LogP contribution < -0.4 is 0 Å². The summed E-state index contributed by atoms with van der Waals surface area (Å²) in [6.07, 6.45) is 0. The number of fused-ring (bicyclic) bond motifs is 1. The van der Waals surface area contributed by atoms with Crippen molar-refractivity contribution in [2.45, 2.75) is 25.2 Å². The number of rotatable bonds is 4. The Kier molecular flexibility index (Phi) is 5.12. The largest absolute Gasteiger partial charge is 0.297 e. The second kappa shape index (κ2) is 7.54. The number of Topliss-reactive ketones (excluding diaryl/α,β-unsaturated/α-hetero) is 1. The van der Waals surface area contributed by atoms with Gasteiger partial charge in [-0.05, 0) is 11.1 Å². The topological polar surface area (TPSA) is 57.7 Å². The SMILES string of the molecule is O=C1CN(Cc2ccccc2)[C@@H]2CS(=O)(=O)C[C@H]2N(Cc2ccccc2)C1. The Morgan fingerprint density at radius 2 is 1.15 bits per heavy atom. The van der Waals surface area contributed by atoms with E-state index < -0.39 is 9.84 Å². The van der Waals surface area contributed by atoms with E-state index in [0.717, 1.165) is 11.1 Å². The van der Waals surface area contributed by atoms with Crippen molar-refractivity contribution in [2.75, 3.05) is 24.6 Å². The Morgan fingerprint density at radius 3 is 1.56 bits per heavy atom. The maximum atomic E-state index is 12.6. The molecule has 2 aromatic carbocycles. The molecule has 142 valence electrons. The van der Waals surface area contributed by atoms with Gasteiger partial charge in [0.15, 0.2) is 15.6 Å². The second-order valence-electron chi connectivity index (χ2n) is 7.53. The summed E-state index contributed by atoms with van der Waals surface area (Å²) in [6.45, 7) is 1.80. The summed E-state index contributed by atoms with van der Waals surface area (Å²) in [5.74, 6) is 0.403. The number of benzene rings is 2. The van der Waals surface area contributed by atoms with Gasteiger partial charge in [-0.1, -0.05) is 60.7 Å². The van der Waals surface area contributed by atoms with Crippen LogP contribution in [0.1, 0.15) is 11.1 Å². The van der Waals surface area contributed by atoms with Crippen LogP contribution in [0.5, 0.6) is 0 Å². The van der Waals surface area contributed by atoms with E-state index in [1.54, 1.807) is 0 Å². The van der Waals surface area contributed by atoms with Crippen molar-refractivity contribution in [2.24, 2.45) is 0 Å². The molecule has 2 fully saturated rings. The Balaban J connectivity index is 1.62. The highest BCUT2D eigenvalue weighted by Crippen LogP contribution is 2.28. The fourth-order valence-electron chi connectivity index (χ4n) is 4.23. The van der Waals surface area contributed by atoms with E-state index in [4.69, 9.17) is 0 Å². The maximum Gasteiger partial charge on any atom is 0.160 e. The Morgan fingerprint density at radius 1 is 0.741 bits per heavy atom. The van der Waals surface area contributed by atoms with Crippen LogP contribution in [0.25, 0.3) is 0 Å². The van der Waals surface area contributed by atoms with E-state index in [1.807, 2.05) is 60.7 Å². The number of sulfone groups is 1. The van der Waals surface area contributed by atoms with Crippen LogP contribution in [0.4, 0.5) is 0 Å². The molecule has 2 aliphatic rings. The summed E-state index contributed by atoms with van der Waals surface area (Å²) >= 11 is 0. The molecule has 6 heteroatoms. The zero-order chi connectivity index (χ0) is 18.9. The fraction of sp³-hybridized carbons (Fsp3) is 0.381. The molecule has 4 rings (SSSR count). The van der Waals surface area contributed by atoms with Crippen molar-refractivity contribution in [3.8, 4) is 0 Å². The first-order valence-corrected chi connectivity index (χ1v) is 11.1. The minimum Gasteiger partial charge on any atom is -0.297 e. The number of carbonyl (C=O) groups excluding carboxylic acids is 1. The van der Waals surface area contributed by atoms with Crippen LogP contribution in [0.2, 0.25) is 0 Å². The van der Waals surface area contributed by atoms with Gasteiger partial charge < -0.3 is 0 Å². The van der Waals surface area contributed by atoms with Crippen LogP contribution in [0.3, 0.4) is 0 Å². The molecule has 27 heavy (non-hydrogen) atoms. The standard InChI is InChI=1S/C21H24N2O3S/c24-19-13-22(11-17-7-3-1-4-8-17)20-15-27(25,26)16-21(20)23(14-19)12-18-9-5-2-6-10-18/h1-10,20-21H,11-16H2/t20-,21-/m1/s1. The Hall–Kier alpha value is -2.02. The predicted octanol–water partition coefficient (Wildman–Crippen LogP) is 1.74. The average Bonchev–Trinajstić information content (AvgIpc) is 2.93. The van der Waals surface area contributed by atoms with Gasteiger partial charge in [0.25, 0.3) is 0 Å². The van der Waals surface area contributed by atoms with E-state index in [-0.39, 0.29) is 29.4 Å². The zero-order valence-corrected chi connectivity index (χ0v) is 16.0. The normalized spacial score (nSPS) is 25.9. The molecule has 2 aromatic rings. The lowest BCUT2D eigenvalue weighted by Gasteiger charge is -2.33. The van der Waals surface area contributed by atoms with Crippen LogP contribution >= 0.6 is 0 Å². The second-order valence-corrected chi connectivity index (χ2v) is 9.69. The third-order valence-corrected chi connectivity index (χ3v) is 7.15. The predicted molar refractivity (Wildman–Crippen MR) is 105 cm³/mol. The molecule has 0 bridgehead atoms. The molecule has 0 unspecified atom stereocenters. The minimum absolute atomic E-state index is 0.128. The van der Waals surface area contributed by atoms with Gasteiger partial charge in [0.2, 0.25) is 0 Å². The molecule has 0 saturated carbocycles. The smallest absolute Gasteiger partial charge is 0.160 e. The lowest BCUT2D eigenvalue weighted by Crippen LogP contribution is -2.48. The molecule has 0 amide bonds. The molecule has 2 atom stereocenters. The Labute approximate surface area is 160 Å². The van der Waals surface area contributed by atoms with E-state index in [1.165, 1.54) is 0 Å². The van der Waals surface area contributed by atoms with Gasteiger partial charge in [-0.2, -0.15) is 0 Å². The molecule has 0 aliphatic carbocycles. The molecule has 0 radical (unpaired) electrons. The Bertz CT molecular complexity index is 832. The summed E-state index contributed by atoms with van der Waals surface area (Å²) in [4.78, 5) is 16.8. The van der Waals surface area contributed by atoms with Crippen molar-refractivity contribution in [1.82, 2.24) is 9.80 Å². The average molecular weight is 385 g/mol. The van der Waals surface area contributed by atoms with E-state index in [2.05, 4.69) is 9.80 Å². The highest BCUT2D eigenvalue weighted by Gasteiger charge is 2.46. The molecular formula is C21H24N2O3S. The molecule has 2 heterocycles. The number of carbonyl (C=O) groups is 1. The minimum atomic E-state index is -3.11. The highest BCUT2D eigenvalue weighted by atomic mass is 32.2. The quantitative estimate of drug-likeness (QED) is 0.804. The molecular weight excluding hydrogens is 360 g/mol. The van der Waals surface area contributed by atoms with Gasteiger partial charge in [-0.15, -0.1) is 0 Å². The molecule has 0 aromatic heterocycles. The van der Waals surface area contributed by atoms with Crippen LogP contribution in [-0.2, 0) is 27.7 Å². The van der Waals surface area contributed by atoms with Crippen LogP contribution in [0.15, 0.2) is 60.7 Å². The first-order valence-electron chi connectivity index (χ1n) is 9.28. The number of ketones is 1. The molecule has 5 nitrogen and oxygen atoms in total. The summed E-state index contributed by atoms with van der Waals surface area (Å²) in [5.41, 5.74) is 2.20. The van der Waals surface area contributed by atoms with Gasteiger partial charge in [0.1, 0.15) is 0 Å². The number of hydrogen-bond donors (Lipinski definition) is 0. The van der Waals surface area contributed by atoms with Gasteiger partial charge >= 0.3 is 0 Å². The first-order chi connectivity index (χ1) is 13.0. The highest BCUT2D eigenvalue weighted by molar-refractivity contribution is 7.91. The van der Waals surface area contributed by atoms with Crippen molar-refractivity contribution in [3.05, 3.63) is 71.8 Å². The molecule has 0 spiro atoms. The van der Waals surface area contributed by atoms with Crippen molar-refractivity contribution in [1.29, 1.82) is 0 Å². The van der Waals surface area contributed by atoms with Crippen molar-refractivity contribution >= 4 is 15.6 Å². The number of hydrogen-bond acceptors (Lipinski definition) is 5. The van der Waals surface area contributed by atoms with E-state index in [9.17, 15) is 13.2 Å². The molecule has 2 saturated heterocycles. The summed E-state index contributed by atoms with van der Waals surface area (Å²) in [5, 5.41) is 0. The van der Waals surface area contributed by atoms with Gasteiger partial charge in [0, 0.05) is 25.2 Å². The third-order valence-electron chi connectivity index (χ3n) is 5.45. The molecule has 0 N–H and O–H groups in total. The third kappa shape index (κ3) is 4.29. The lowest BCUT2D eigenvalue weighted by molar-refractivity contribution is -0.120. The van der Waals surface area contributed by atoms with Crippen LogP contribution in [-0.4, -0.2) is 60.7 Å². The van der Waals surface area contributed by atoms with Crippen molar-refractivity contribution in [3.63, 3.8) is 0 Å². The van der Waals surface area contributed by atoms with Crippen molar-refractivity contribution < 1.29 is 13.2 Å². The number of nitrogens with zero attached hydrogens (tertiary/aromatic N) is 2. The van der Waals surface area contributed by atoms with Gasteiger partial charge in [-0.25, -0.2) is 8.42 Å². The summed E-state index contributed by atoms with van der Waals surface area (Å²) < 4.78 is 24.9. The summed E-state index contributed by atoms with van der Waals surface area (Å²) in [6, 6.07) is 19.6.